The smallest absolute Gasteiger partial charge is 0.264 e. The molecular formula is C35H48F2N8O. The largest absolute Gasteiger partial charge is 0.338 e. The number of benzene rings is 1. The summed E-state index contributed by atoms with van der Waals surface area (Å²) in [5.41, 5.74) is 5.39. The first-order chi connectivity index (χ1) is 22.2. The number of nitrogens with one attached hydrogen (secondary N) is 1. The third-order valence-electron chi connectivity index (χ3n) is 11.2. The van der Waals surface area contributed by atoms with E-state index in [4.69, 9.17) is 5.10 Å². The SMILES string of the molecule is CC(=O)N1CCc2c(c(N3CCCc4cc(-c5cnn(C)c5)c(C(F)F)cc43)nn2C2CCN(CC3[C@H](C)CNC[C@@H]3C)CC2)C1. The van der Waals surface area contributed by atoms with Crippen molar-refractivity contribution in [3.8, 4) is 11.1 Å². The van der Waals surface area contributed by atoms with Crippen LogP contribution in [0.25, 0.3) is 11.1 Å². The number of anilines is 2. The van der Waals surface area contributed by atoms with E-state index in [1.807, 2.05) is 11.0 Å². The Hall–Kier alpha value is -3.31. The second-order valence-electron chi connectivity index (χ2n) is 14.2. The standard InChI is InChI=1S/C35H48F2N8O/c1-22-16-38-17-23(2)30(22)20-42-11-7-27(8-12-42)45-32-9-13-43(24(3)46)21-31(32)35(40-45)44-10-5-6-25-14-28(26-18-39-41(4)19-26)29(34(36)37)15-33(25)44/h14-15,18-19,22-23,27,30,34,38H,5-13,16-17,20-21H2,1-4H3/t22-,23+,30?. The van der Waals surface area contributed by atoms with Crippen LogP contribution in [-0.2, 0) is 31.2 Å². The Balaban J connectivity index is 1.20. The fourth-order valence-electron chi connectivity index (χ4n) is 8.48. The molecule has 1 unspecified atom stereocenters. The molecule has 1 N–H and O–H groups in total. The minimum atomic E-state index is -2.62. The molecule has 0 aliphatic carbocycles. The normalized spacial score (nSPS) is 24.4. The Bertz CT molecular complexity index is 1560. The maximum Gasteiger partial charge on any atom is 0.264 e. The molecule has 2 aromatic heterocycles. The number of alkyl halides is 2. The molecule has 6 heterocycles. The molecule has 0 spiro atoms. The highest BCUT2D eigenvalue weighted by atomic mass is 19.3. The molecule has 0 saturated carbocycles. The molecule has 2 fully saturated rings. The Kier molecular flexibility index (Phi) is 8.65. The van der Waals surface area contributed by atoms with Gasteiger partial charge in [-0.15, -0.1) is 0 Å². The summed E-state index contributed by atoms with van der Waals surface area (Å²) in [7, 11) is 1.80. The highest BCUT2D eigenvalue weighted by Gasteiger charge is 2.36. The summed E-state index contributed by atoms with van der Waals surface area (Å²) in [5.74, 6) is 2.97. The van der Waals surface area contributed by atoms with E-state index >= 15 is 0 Å². The van der Waals surface area contributed by atoms with Gasteiger partial charge in [0.05, 0.1) is 18.8 Å². The monoisotopic (exact) mass is 634 g/mol. The number of hydrogen-bond donors (Lipinski definition) is 1. The van der Waals surface area contributed by atoms with Crippen molar-refractivity contribution in [3.05, 3.63) is 46.9 Å². The van der Waals surface area contributed by atoms with Crippen LogP contribution in [0.3, 0.4) is 0 Å². The molecule has 0 bridgehead atoms. The minimum absolute atomic E-state index is 0.0158. The van der Waals surface area contributed by atoms with Crippen molar-refractivity contribution >= 4 is 17.4 Å². The molecule has 1 amide bonds. The topological polar surface area (TPSA) is 74.5 Å². The number of carbonyl (C=O) groups is 1. The van der Waals surface area contributed by atoms with Crippen molar-refractivity contribution in [1.29, 1.82) is 0 Å². The van der Waals surface area contributed by atoms with E-state index in [1.54, 1.807) is 37.1 Å². The molecule has 7 rings (SSSR count). The van der Waals surface area contributed by atoms with Gasteiger partial charge in [0, 0.05) is 87.4 Å². The van der Waals surface area contributed by atoms with E-state index < -0.39 is 6.43 Å². The molecule has 0 radical (unpaired) electrons. The Morgan fingerprint density at radius 3 is 2.50 bits per heavy atom. The fraction of sp³-hybridized carbons (Fsp3) is 0.629. The Labute approximate surface area is 270 Å². The van der Waals surface area contributed by atoms with Crippen molar-refractivity contribution < 1.29 is 13.6 Å². The van der Waals surface area contributed by atoms with E-state index in [1.165, 1.54) is 5.69 Å². The van der Waals surface area contributed by atoms with Gasteiger partial charge in [-0.2, -0.15) is 10.2 Å². The van der Waals surface area contributed by atoms with Crippen molar-refractivity contribution in [2.24, 2.45) is 24.8 Å². The lowest BCUT2D eigenvalue weighted by Gasteiger charge is -2.41. The average molecular weight is 635 g/mol. The maximum atomic E-state index is 14.6. The van der Waals surface area contributed by atoms with Crippen molar-refractivity contribution in [2.45, 2.75) is 71.9 Å². The van der Waals surface area contributed by atoms with Crippen molar-refractivity contribution in [1.82, 2.24) is 34.7 Å². The van der Waals surface area contributed by atoms with Gasteiger partial charge in [0.2, 0.25) is 5.91 Å². The molecule has 248 valence electrons. The first-order valence-corrected chi connectivity index (χ1v) is 17.2. The van der Waals surface area contributed by atoms with Crippen LogP contribution in [0, 0.1) is 17.8 Å². The first-order valence-electron chi connectivity index (χ1n) is 17.2. The van der Waals surface area contributed by atoms with Gasteiger partial charge in [-0.25, -0.2) is 8.78 Å². The summed E-state index contributed by atoms with van der Waals surface area (Å²) in [5, 5.41) is 13.1. The highest BCUT2D eigenvalue weighted by molar-refractivity contribution is 5.78. The van der Waals surface area contributed by atoms with Gasteiger partial charge in [0.1, 0.15) is 0 Å². The van der Waals surface area contributed by atoms with Crippen LogP contribution in [-0.4, -0.2) is 81.1 Å². The van der Waals surface area contributed by atoms with Gasteiger partial charge in [0.25, 0.3) is 6.43 Å². The third-order valence-corrected chi connectivity index (χ3v) is 11.2. The predicted molar refractivity (Wildman–Crippen MR) is 175 cm³/mol. The van der Waals surface area contributed by atoms with Crippen LogP contribution in [0.5, 0.6) is 0 Å². The molecule has 1 aromatic carbocycles. The summed E-state index contributed by atoms with van der Waals surface area (Å²) in [6.07, 6.45) is 5.38. The molecule has 11 heteroatoms. The second-order valence-corrected chi connectivity index (χ2v) is 14.2. The number of halogens is 2. The molecule has 46 heavy (non-hydrogen) atoms. The molecule has 3 atom stereocenters. The third kappa shape index (κ3) is 5.85. The fourth-order valence-corrected chi connectivity index (χ4v) is 8.48. The number of nitrogens with zero attached hydrogens (tertiary/aromatic N) is 7. The van der Waals surface area contributed by atoms with E-state index in [2.05, 4.69) is 38.7 Å². The molecule has 9 nitrogen and oxygen atoms in total. The number of aromatic nitrogens is 4. The van der Waals surface area contributed by atoms with E-state index in [9.17, 15) is 13.6 Å². The number of aryl methyl sites for hydroxylation is 2. The number of rotatable bonds is 6. The molecule has 4 aliphatic rings. The Morgan fingerprint density at radius 2 is 1.83 bits per heavy atom. The van der Waals surface area contributed by atoms with E-state index in [0.29, 0.717) is 48.6 Å². The number of fused-ring (bicyclic) bond motifs is 2. The zero-order valence-electron chi connectivity index (χ0n) is 27.7. The van der Waals surface area contributed by atoms with Crippen LogP contribution in [0.15, 0.2) is 24.5 Å². The number of amides is 1. The molecule has 2 saturated heterocycles. The summed E-state index contributed by atoms with van der Waals surface area (Å²) < 4.78 is 33.1. The van der Waals surface area contributed by atoms with E-state index in [0.717, 1.165) is 93.4 Å². The maximum absolute atomic E-state index is 14.6. The van der Waals surface area contributed by atoms with Gasteiger partial charge < -0.3 is 20.0 Å². The first kappa shape index (κ1) is 31.3. The number of piperidine rings is 2. The van der Waals surface area contributed by atoms with Gasteiger partial charge >= 0.3 is 0 Å². The van der Waals surface area contributed by atoms with Crippen LogP contribution in [0.4, 0.5) is 20.3 Å². The zero-order chi connectivity index (χ0) is 32.1. The van der Waals surface area contributed by atoms with Crippen LogP contribution in [0.2, 0.25) is 0 Å². The lowest BCUT2D eigenvalue weighted by atomic mass is 9.80. The molecular weight excluding hydrogens is 586 g/mol. The zero-order valence-corrected chi connectivity index (χ0v) is 27.7. The lowest BCUT2D eigenvalue weighted by Crippen LogP contribution is -2.47. The minimum Gasteiger partial charge on any atom is -0.338 e. The average Bonchev–Trinajstić information content (AvgIpc) is 3.65. The molecule has 4 aliphatic heterocycles. The number of carbonyl (C=O) groups excluding carboxylic acids is 1. The van der Waals surface area contributed by atoms with Gasteiger partial charge in [-0.1, -0.05) is 13.8 Å². The summed E-state index contributed by atoms with van der Waals surface area (Å²) in [6.45, 7) is 13.8. The lowest BCUT2D eigenvalue weighted by molar-refractivity contribution is -0.129. The summed E-state index contributed by atoms with van der Waals surface area (Å²) >= 11 is 0. The summed E-state index contributed by atoms with van der Waals surface area (Å²) in [6, 6.07) is 3.91. The van der Waals surface area contributed by atoms with E-state index in [-0.39, 0.29) is 11.5 Å². The predicted octanol–water partition coefficient (Wildman–Crippen LogP) is 5.34. The summed E-state index contributed by atoms with van der Waals surface area (Å²) in [4.78, 5) is 19.2. The van der Waals surface area contributed by atoms with Gasteiger partial charge in [-0.05, 0) is 79.8 Å². The van der Waals surface area contributed by atoms with Crippen LogP contribution < -0.4 is 10.2 Å². The van der Waals surface area contributed by atoms with Gasteiger partial charge in [-0.3, -0.25) is 14.2 Å². The number of hydrogen-bond acceptors (Lipinski definition) is 6. The van der Waals surface area contributed by atoms with Crippen LogP contribution >= 0.6 is 0 Å². The quantitative estimate of drug-likeness (QED) is 0.395. The second kappa shape index (κ2) is 12.7. The Morgan fingerprint density at radius 1 is 1.07 bits per heavy atom. The van der Waals surface area contributed by atoms with Gasteiger partial charge in [0.15, 0.2) is 5.82 Å². The van der Waals surface area contributed by atoms with Crippen molar-refractivity contribution in [2.75, 3.05) is 50.7 Å². The highest BCUT2D eigenvalue weighted by Crippen LogP contribution is 2.43. The molecule has 3 aromatic rings. The van der Waals surface area contributed by atoms with Crippen molar-refractivity contribution in [3.63, 3.8) is 0 Å². The van der Waals surface area contributed by atoms with Crippen LogP contribution in [0.1, 0.15) is 74.9 Å². The number of likely N-dealkylation sites (tertiary alicyclic amines) is 1.